The first-order chi connectivity index (χ1) is 13.4. The first-order valence-corrected chi connectivity index (χ1v) is 9.83. The Labute approximate surface area is 168 Å². The smallest absolute Gasteiger partial charge is 0.325 e. The monoisotopic (exact) mass is 398 g/mol. The number of thiophene rings is 1. The highest BCUT2D eigenvalue weighted by Gasteiger charge is 2.41. The molecule has 0 saturated carbocycles. The van der Waals surface area contributed by atoms with Crippen molar-refractivity contribution >= 4 is 34.8 Å². The molecule has 6 nitrogen and oxygen atoms in total. The van der Waals surface area contributed by atoms with Gasteiger partial charge in [0.15, 0.2) is 0 Å². The number of methoxy groups -OCH3 is 1. The van der Waals surface area contributed by atoms with Gasteiger partial charge in [0.05, 0.1) is 17.7 Å². The first-order valence-electron chi connectivity index (χ1n) is 8.95. The summed E-state index contributed by atoms with van der Waals surface area (Å²) in [5.74, 6) is -1.18. The largest absolute Gasteiger partial charge is 0.468 e. The molecule has 0 aliphatic carbocycles. The molecular formula is C21H22N2O4S. The number of esters is 1. The lowest BCUT2D eigenvalue weighted by atomic mass is 9.97. The fraction of sp³-hybridized carbons (Fsp3) is 0.286. The summed E-state index contributed by atoms with van der Waals surface area (Å²) in [7, 11) is 1.29. The molecule has 2 amide bonds. The van der Waals surface area contributed by atoms with Crippen LogP contribution in [0, 0.1) is 5.92 Å². The number of amides is 2. The first kappa shape index (κ1) is 19.8. The second-order valence-electron chi connectivity index (χ2n) is 6.76. The number of hydrogen-bond donors (Lipinski definition) is 0. The number of hydrogen-bond acceptors (Lipinski definition) is 5. The lowest BCUT2D eigenvalue weighted by molar-refractivity contribution is -0.147. The van der Waals surface area contributed by atoms with Gasteiger partial charge in [-0.1, -0.05) is 50.2 Å². The van der Waals surface area contributed by atoms with Crippen LogP contribution in [0.1, 0.15) is 29.1 Å². The van der Waals surface area contributed by atoms with E-state index >= 15 is 0 Å². The normalized spacial score (nSPS) is 16.9. The van der Waals surface area contributed by atoms with Crippen molar-refractivity contribution in [1.29, 1.82) is 0 Å². The Hall–Kier alpha value is -2.93. The van der Waals surface area contributed by atoms with Gasteiger partial charge in [0.2, 0.25) is 0 Å². The minimum Gasteiger partial charge on any atom is -0.468 e. The highest BCUT2D eigenvalue weighted by molar-refractivity contribution is 7.12. The molecule has 3 rings (SSSR count). The average Bonchev–Trinajstić information content (AvgIpc) is 3.23. The molecule has 2 aromatic rings. The third-order valence-corrected chi connectivity index (χ3v) is 5.41. The van der Waals surface area contributed by atoms with E-state index in [-0.39, 0.29) is 24.3 Å². The van der Waals surface area contributed by atoms with Gasteiger partial charge in [-0.15, -0.1) is 11.3 Å². The Kier molecular flexibility index (Phi) is 5.94. The molecule has 7 heteroatoms. The van der Waals surface area contributed by atoms with Crippen LogP contribution in [-0.4, -0.2) is 47.3 Å². The van der Waals surface area contributed by atoms with Crippen LogP contribution in [-0.2, 0) is 14.3 Å². The summed E-state index contributed by atoms with van der Waals surface area (Å²) in [6.45, 7) is 3.56. The van der Waals surface area contributed by atoms with Gasteiger partial charge < -0.3 is 4.74 Å². The molecule has 28 heavy (non-hydrogen) atoms. The van der Waals surface area contributed by atoms with E-state index in [0.29, 0.717) is 10.6 Å². The molecule has 1 aliphatic rings. The molecule has 0 N–H and O–H groups in total. The Bertz CT molecular complexity index is 890. The van der Waals surface area contributed by atoms with Crippen molar-refractivity contribution < 1.29 is 19.1 Å². The van der Waals surface area contributed by atoms with Crippen LogP contribution in [0.25, 0.3) is 5.70 Å². The van der Waals surface area contributed by atoms with E-state index in [1.165, 1.54) is 28.2 Å². The van der Waals surface area contributed by atoms with Gasteiger partial charge in [-0.3, -0.25) is 24.2 Å². The van der Waals surface area contributed by atoms with Gasteiger partial charge in [0.25, 0.3) is 11.8 Å². The van der Waals surface area contributed by atoms with E-state index in [1.807, 2.05) is 49.6 Å². The zero-order valence-electron chi connectivity index (χ0n) is 16.0. The summed E-state index contributed by atoms with van der Waals surface area (Å²) < 4.78 is 4.78. The Morgan fingerprint density at radius 3 is 2.43 bits per heavy atom. The molecular weight excluding hydrogens is 376 g/mol. The van der Waals surface area contributed by atoms with Crippen molar-refractivity contribution in [1.82, 2.24) is 9.80 Å². The Morgan fingerprint density at radius 1 is 1.14 bits per heavy atom. The molecule has 1 aromatic heterocycles. The van der Waals surface area contributed by atoms with Gasteiger partial charge in [0.1, 0.15) is 12.6 Å². The zero-order valence-corrected chi connectivity index (χ0v) is 16.8. The van der Waals surface area contributed by atoms with Crippen molar-refractivity contribution in [3.05, 3.63) is 64.5 Å². The molecule has 0 saturated heterocycles. The van der Waals surface area contributed by atoms with E-state index in [4.69, 9.17) is 4.74 Å². The van der Waals surface area contributed by atoms with Crippen LogP contribution >= 0.6 is 11.3 Å². The topological polar surface area (TPSA) is 66.9 Å². The molecule has 0 radical (unpaired) electrons. The number of rotatable bonds is 5. The van der Waals surface area contributed by atoms with Crippen molar-refractivity contribution in [2.45, 2.75) is 19.9 Å². The summed E-state index contributed by atoms with van der Waals surface area (Å²) in [4.78, 5) is 41.9. The van der Waals surface area contributed by atoms with Crippen LogP contribution in [0.3, 0.4) is 0 Å². The second kappa shape index (κ2) is 8.39. The number of carbonyl (C=O) groups is 3. The minimum absolute atomic E-state index is 0.134. The maximum Gasteiger partial charge on any atom is 0.325 e. The third-order valence-electron chi connectivity index (χ3n) is 4.55. The van der Waals surface area contributed by atoms with Gasteiger partial charge in [-0.05, 0) is 22.9 Å². The van der Waals surface area contributed by atoms with E-state index in [0.717, 1.165) is 5.56 Å². The van der Waals surface area contributed by atoms with Crippen LogP contribution in [0.15, 0.2) is 54.0 Å². The molecule has 0 fully saturated rings. The number of carbonyl (C=O) groups excluding carboxylic acids is 3. The van der Waals surface area contributed by atoms with Crippen LogP contribution in [0.4, 0.5) is 0 Å². The predicted octanol–water partition coefficient (Wildman–Crippen LogP) is 3.23. The Balaban J connectivity index is 2.12. The highest BCUT2D eigenvalue weighted by atomic mass is 32.1. The van der Waals surface area contributed by atoms with Crippen molar-refractivity contribution in [3.8, 4) is 0 Å². The number of nitrogens with zero attached hydrogens (tertiary/aromatic N) is 2. The maximum atomic E-state index is 13.4. The third kappa shape index (κ3) is 3.84. The molecule has 1 aliphatic heterocycles. The molecule has 0 bridgehead atoms. The summed E-state index contributed by atoms with van der Waals surface area (Å²) in [5, 5.41) is 1.83. The lowest BCUT2D eigenvalue weighted by Crippen LogP contribution is -2.55. The van der Waals surface area contributed by atoms with Crippen LogP contribution in [0.5, 0.6) is 0 Å². The second-order valence-corrected chi connectivity index (χ2v) is 7.71. The SMILES string of the molecule is COC(=O)CN1C(=O)C(C(C)C)N(C(=O)c2cccs2)C=C1c1ccccc1. The molecule has 1 aromatic carbocycles. The predicted molar refractivity (Wildman–Crippen MR) is 107 cm³/mol. The van der Waals surface area contributed by atoms with Gasteiger partial charge >= 0.3 is 5.97 Å². The van der Waals surface area contributed by atoms with Crippen molar-refractivity contribution in [2.75, 3.05) is 13.7 Å². The number of benzene rings is 1. The highest BCUT2D eigenvalue weighted by Crippen LogP contribution is 2.31. The van der Waals surface area contributed by atoms with Gasteiger partial charge in [0, 0.05) is 6.20 Å². The van der Waals surface area contributed by atoms with Gasteiger partial charge in [-0.2, -0.15) is 0 Å². The quantitative estimate of drug-likeness (QED) is 0.726. The number of ether oxygens (including phenoxy) is 1. The summed E-state index contributed by atoms with van der Waals surface area (Å²) >= 11 is 1.33. The minimum atomic E-state index is -0.702. The molecule has 1 unspecified atom stereocenters. The summed E-state index contributed by atoms with van der Waals surface area (Å²) in [6, 6.07) is 12.1. The van der Waals surface area contributed by atoms with Crippen molar-refractivity contribution in [2.24, 2.45) is 5.92 Å². The molecule has 0 spiro atoms. The van der Waals surface area contributed by atoms with E-state index in [1.54, 1.807) is 18.3 Å². The zero-order chi connectivity index (χ0) is 20.3. The van der Waals surface area contributed by atoms with Crippen LogP contribution < -0.4 is 0 Å². The lowest BCUT2D eigenvalue weighted by Gasteiger charge is -2.40. The van der Waals surface area contributed by atoms with E-state index in [2.05, 4.69) is 0 Å². The molecule has 146 valence electrons. The van der Waals surface area contributed by atoms with E-state index < -0.39 is 12.0 Å². The molecule has 2 heterocycles. The average molecular weight is 398 g/mol. The summed E-state index contributed by atoms with van der Waals surface area (Å²) in [5.41, 5.74) is 1.24. The fourth-order valence-corrected chi connectivity index (χ4v) is 3.86. The fourth-order valence-electron chi connectivity index (χ4n) is 3.19. The molecule has 1 atom stereocenters. The van der Waals surface area contributed by atoms with E-state index in [9.17, 15) is 14.4 Å². The Morgan fingerprint density at radius 2 is 1.86 bits per heavy atom. The maximum absolute atomic E-state index is 13.4. The summed E-state index contributed by atoms with van der Waals surface area (Å²) in [6.07, 6.45) is 1.67. The standard InChI is InChI=1S/C21H22N2O4S/c1-14(2)19-21(26)22(13-18(24)27-3)16(15-8-5-4-6-9-15)12-23(19)20(25)17-10-7-11-28-17/h4-12,14,19H,13H2,1-3H3. The van der Waals surface area contributed by atoms with Crippen LogP contribution in [0.2, 0.25) is 0 Å². The van der Waals surface area contributed by atoms with Crippen molar-refractivity contribution in [3.63, 3.8) is 0 Å². The van der Waals surface area contributed by atoms with Gasteiger partial charge in [-0.25, -0.2) is 0 Å².